The van der Waals surface area contributed by atoms with Gasteiger partial charge in [-0.1, -0.05) is 13.8 Å². The van der Waals surface area contributed by atoms with Crippen molar-refractivity contribution in [1.82, 2.24) is 24.5 Å². The maximum Gasteiger partial charge on any atom is 0.296 e. The Balaban J connectivity index is 2.65. The summed E-state index contributed by atoms with van der Waals surface area (Å²) >= 11 is 0. The Labute approximate surface area is 122 Å². The second-order valence-corrected chi connectivity index (χ2v) is 6.87. The average Bonchev–Trinajstić information content (AvgIpc) is 2.92. The summed E-state index contributed by atoms with van der Waals surface area (Å²) in [6.45, 7) is 4.39. The van der Waals surface area contributed by atoms with E-state index in [0.717, 1.165) is 24.1 Å². The van der Waals surface area contributed by atoms with E-state index in [-0.39, 0.29) is 5.16 Å². The largest absolute Gasteiger partial charge is 0.297 e. The van der Waals surface area contributed by atoms with E-state index in [1.165, 1.54) is 4.57 Å². The molecule has 2 aromatic rings. The lowest BCUT2D eigenvalue weighted by molar-refractivity contribution is 0.570. The van der Waals surface area contributed by atoms with Crippen LogP contribution < -0.4 is 0 Å². The second-order valence-electron chi connectivity index (χ2n) is 4.41. The molecule has 20 heavy (non-hydrogen) atoms. The van der Waals surface area contributed by atoms with Crippen LogP contribution in [-0.2, 0) is 29.1 Å². The minimum atomic E-state index is -3.92. The zero-order valence-corrected chi connectivity index (χ0v) is 13.1. The lowest BCUT2D eigenvalue weighted by atomic mass is 10.2. The third kappa shape index (κ3) is 2.71. The van der Waals surface area contributed by atoms with Crippen molar-refractivity contribution in [1.29, 1.82) is 0 Å². The first kappa shape index (κ1) is 15.0. The standard InChI is InChI=1S/C11H16ClN5O2S/c1-4-6-17-10(13-14-11(17)20(12,18)19)8-7-16(3)15-9(8)5-2/h7H,4-6H2,1-3H3. The van der Waals surface area contributed by atoms with Crippen LogP contribution in [0, 0.1) is 0 Å². The summed E-state index contributed by atoms with van der Waals surface area (Å²) in [5, 5.41) is 11.8. The van der Waals surface area contributed by atoms with Gasteiger partial charge in [0.05, 0.1) is 11.3 Å². The molecule has 0 aliphatic heterocycles. The van der Waals surface area contributed by atoms with Crippen LogP contribution in [0.3, 0.4) is 0 Å². The van der Waals surface area contributed by atoms with E-state index in [1.54, 1.807) is 10.9 Å². The van der Waals surface area contributed by atoms with Gasteiger partial charge in [-0.05, 0) is 12.8 Å². The van der Waals surface area contributed by atoms with Crippen molar-refractivity contribution in [3.63, 3.8) is 0 Å². The number of aromatic nitrogens is 5. The average molecular weight is 318 g/mol. The molecule has 0 aliphatic rings. The van der Waals surface area contributed by atoms with Gasteiger partial charge in [-0.3, -0.25) is 9.25 Å². The molecule has 2 rings (SSSR count). The Bertz CT molecular complexity index is 719. The first-order valence-electron chi connectivity index (χ1n) is 6.29. The molecule has 0 N–H and O–H groups in total. The highest BCUT2D eigenvalue weighted by Gasteiger charge is 2.24. The Morgan fingerprint density at radius 2 is 2.00 bits per heavy atom. The molecule has 0 aliphatic carbocycles. The molecular weight excluding hydrogens is 302 g/mol. The molecule has 9 heteroatoms. The van der Waals surface area contributed by atoms with Crippen LogP contribution in [0.15, 0.2) is 11.4 Å². The van der Waals surface area contributed by atoms with Crippen LogP contribution in [0.5, 0.6) is 0 Å². The van der Waals surface area contributed by atoms with Gasteiger partial charge >= 0.3 is 0 Å². The Hall–Kier alpha value is -1.41. The molecular formula is C11H16ClN5O2S. The molecule has 0 unspecified atom stereocenters. The minimum absolute atomic E-state index is 0.220. The van der Waals surface area contributed by atoms with Gasteiger partial charge in [0.15, 0.2) is 5.82 Å². The third-order valence-electron chi connectivity index (χ3n) is 2.86. The van der Waals surface area contributed by atoms with Crippen molar-refractivity contribution >= 4 is 19.7 Å². The minimum Gasteiger partial charge on any atom is -0.297 e. The fraction of sp³-hybridized carbons (Fsp3) is 0.545. The molecule has 0 spiro atoms. The smallest absolute Gasteiger partial charge is 0.296 e. The zero-order chi connectivity index (χ0) is 14.9. The van der Waals surface area contributed by atoms with E-state index in [0.29, 0.717) is 12.4 Å². The number of rotatable bonds is 5. The van der Waals surface area contributed by atoms with Crippen molar-refractivity contribution in [2.24, 2.45) is 7.05 Å². The van der Waals surface area contributed by atoms with Gasteiger partial charge in [0, 0.05) is 30.5 Å². The van der Waals surface area contributed by atoms with Crippen molar-refractivity contribution in [2.75, 3.05) is 0 Å². The Kier molecular flexibility index (Phi) is 4.14. The zero-order valence-electron chi connectivity index (χ0n) is 11.5. The molecule has 0 bridgehead atoms. The molecule has 2 aromatic heterocycles. The summed E-state index contributed by atoms with van der Waals surface area (Å²) < 4.78 is 26.3. The number of halogens is 1. The van der Waals surface area contributed by atoms with Crippen molar-refractivity contribution in [3.8, 4) is 11.4 Å². The molecule has 0 aromatic carbocycles. The van der Waals surface area contributed by atoms with Crippen molar-refractivity contribution < 1.29 is 8.42 Å². The molecule has 2 heterocycles. The molecule has 0 saturated carbocycles. The molecule has 0 amide bonds. The van der Waals surface area contributed by atoms with Crippen LogP contribution >= 0.6 is 10.7 Å². The third-order valence-corrected chi connectivity index (χ3v) is 4.02. The molecule has 0 saturated heterocycles. The van der Waals surface area contributed by atoms with Gasteiger partial charge in [-0.15, -0.1) is 10.2 Å². The summed E-state index contributed by atoms with van der Waals surface area (Å²) in [6.07, 6.45) is 3.27. The van der Waals surface area contributed by atoms with E-state index >= 15 is 0 Å². The summed E-state index contributed by atoms with van der Waals surface area (Å²) in [4.78, 5) is 0. The molecule has 7 nitrogen and oxygen atoms in total. The second kappa shape index (κ2) is 5.53. The lowest BCUT2D eigenvalue weighted by Gasteiger charge is -2.06. The monoisotopic (exact) mass is 317 g/mol. The van der Waals surface area contributed by atoms with Crippen LogP contribution in [0.2, 0.25) is 0 Å². The lowest BCUT2D eigenvalue weighted by Crippen LogP contribution is -2.08. The highest BCUT2D eigenvalue weighted by atomic mass is 35.7. The van der Waals surface area contributed by atoms with Gasteiger partial charge in [0.2, 0.25) is 0 Å². The molecule has 0 fully saturated rings. The number of hydrogen-bond donors (Lipinski definition) is 0. The summed E-state index contributed by atoms with van der Waals surface area (Å²) in [6, 6.07) is 0. The van der Waals surface area contributed by atoms with Gasteiger partial charge in [-0.25, -0.2) is 8.42 Å². The summed E-state index contributed by atoms with van der Waals surface area (Å²) in [7, 11) is 3.29. The number of aryl methyl sites for hydroxylation is 2. The first-order chi connectivity index (χ1) is 9.38. The van der Waals surface area contributed by atoms with Crippen LogP contribution in [0.1, 0.15) is 26.0 Å². The Morgan fingerprint density at radius 3 is 2.55 bits per heavy atom. The normalized spacial score (nSPS) is 12.0. The number of hydrogen-bond acceptors (Lipinski definition) is 5. The van der Waals surface area contributed by atoms with E-state index in [1.807, 2.05) is 20.9 Å². The fourth-order valence-electron chi connectivity index (χ4n) is 2.08. The molecule has 110 valence electrons. The fourth-order valence-corrected chi connectivity index (χ4v) is 3.00. The van der Waals surface area contributed by atoms with E-state index < -0.39 is 9.05 Å². The maximum atomic E-state index is 11.6. The van der Waals surface area contributed by atoms with E-state index in [4.69, 9.17) is 10.7 Å². The molecule has 0 radical (unpaired) electrons. The maximum absolute atomic E-state index is 11.6. The Morgan fingerprint density at radius 1 is 1.30 bits per heavy atom. The summed E-state index contributed by atoms with van der Waals surface area (Å²) in [5.74, 6) is 0.482. The van der Waals surface area contributed by atoms with Gasteiger partial charge in [0.25, 0.3) is 14.2 Å². The van der Waals surface area contributed by atoms with Crippen molar-refractivity contribution in [3.05, 3.63) is 11.9 Å². The van der Waals surface area contributed by atoms with Gasteiger partial charge in [-0.2, -0.15) is 5.10 Å². The topological polar surface area (TPSA) is 82.7 Å². The quantitative estimate of drug-likeness (QED) is 0.782. The van der Waals surface area contributed by atoms with Crippen LogP contribution in [-0.4, -0.2) is 33.0 Å². The van der Waals surface area contributed by atoms with E-state index in [2.05, 4.69) is 15.3 Å². The van der Waals surface area contributed by atoms with Crippen molar-refractivity contribution in [2.45, 2.75) is 38.4 Å². The summed E-state index contributed by atoms with van der Waals surface area (Å²) in [5.41, 5.74) is 1.62. The highest BCUT2D eigenvalue weighted by molar-refractivity contribution is 8.13. The predicted molar refractivity (Wildman–Crippen MR) is 74.9 cm³/mol. The van der Waals surface area contributed by atoms with Crippen LogP contribution in [0.4, 0.5) is 0 Å². The highest BCUT2D eigenvalue weighted by Crippen LogP contribution is 2.25. The predicted octanol–water partition coefficient (Wildman–Crippen LogP) is 1.58. The van der Waals surface area contributed by atoms with Gasteiger partial charge in [0.1, 0.15) is 0 Å². The van der Waals surface area contributed by atoms with Crippen LogP contribution in [0.25, 0.3) is 11.4 Å². The number of nitrogens with zero attached hydrogens (tertiary/aromatic N) is 5. The van der Waals surface area contributed by atoms with E-state index in [9.17, 15) is 8.42 Å². The van der Waals surface area contributed by atoms with Gasteiger partial charge < -0.3 is 0 Å². The first-order valence-corrected chi connectivity index (χ1v) is 8.60. The molecule has 0 atom stereocenters. The SMILES string of the molecule is CCCn1c(-c2cn(C)nc2CC)nnc1S(=O)(=O)Cl.